The van der Waals surface area contributed by atoms with E-state index in [4.69, 9.17) is 0 Å². The summed E-state index contributed by atoms with van der Waals surface area (Å²) in [7, 11) is 0. The van der Waals surface area contributed by atoms with Gasteiger partial charge in [-0.15, -0.1) is 0 Å². The summed E-state index contributed by atoms with van der Waals surface area (Å²) in [5.41, 5.74) is 1.61. The second-order valence-corrected chi connectivity index (χ2v) is 7.82. The van der Waals surface area contributed by atoms with Crippen molar-refractivity contribution in [2.24, 2.45) is 5.92 Å². The molecule has 3 heterocycles. The zero-order valence-corrected chi connectivity index (χ0v) is 17.0. The highest BCUT2D eigenvalue weighted by molar-refractivity contribution is 5.93. The van der Waals surface area contributed by atoms with Gasteiger partial charge >= 0.3 is 0 Å². The molecule has 1 aliphatic carbocycles. The third kappa shape index (κ3) is 4.77. The maximum atomic E-state index is 13.4. The van der Waals surface area contributed by atoms with Gasteiger partial charge in [-0.3, -0.25) is 14.6 Å². The summed E-state index contributed by atoms with van der Waals surface area (Å²) in [5.74, 6) is 0.157. The molecule has 0 bridgehead atoms. The molecule has 1 saturated heterocycles. The normalized spacial score (nSPS) is 18.9. The zero-order chi connectivity index (χ0) is 22.0. The Kier molecular flexibility index (Phi) is 5.75. The summed E-state index contributed by atoms with van der Waals surface area (Å²) in [6.45, 7) is 2.14. The molecule has 2 amide bonds. The van der Waals surface area contributed by atoms with Crippen LogP contribution in [0.3, 0.4) is 0 Å². The van der Waals surface area contributed by atoms with Crippen molar-refractivity contribution in [2.45, 2.75) is 38.4 Å². The molecule has 1 saturated carbocycles. The molecule has 4 rings (SSSR count). The first-order valence-electron chi connectivity index (χ1n) is 10.2. The number of nitrogens with zero attached hydrogens (tertiary/aromatic N) is 5. The Labute approximate surface area is 178 Å². The topological polar surface area (TPSA) is 124 Å². The molecule has 2 unspecified atom stereocenters. The number of hydrogen-bond donors (Lipinski definition) is 2. The van der Waals surface area contributed by atoms with Gasteiger partial charge in [0.1, 0.15) is 18.3 Å². The van der Waals surface area contributed by atoms with Crippen LogP contribution in [0.4, 0.5) is 15.9 Å². The van der Waals surface area contributed by atoms with Gasteiger partial charge in [0, 0.05) is 24.2 Å². The molecule has 2 N–H and O–H groups in total. The molecule has 9 nitrogen and oxygen atoms in total. The number of likely N-dealkylation sites (tertiary alicyclic amines) is 1. The molecule has 2 aromatic rings. The first-order chi connectivity index (χ1) is 14.9. The first-order valence-corrected chi connectivity index (χ1v) is 10.2. The Morgan fingerprint density at radius 3 is 2.65 bits per heavy atom. The number of hydrogen-bond acceptors (Lipinski definition) is 7. The van der Waals surface area contributed by atoms with E-state index in [-0.39, 0.29) is 30.0 Å². The molecule has 2 aromatic heterocycles. The number of anilines is 2. The maximum Gasteiger partial charge on any atom is 0.244 e. The number of alkyl halides is 1. The van der Waals surface area contributed by atoms with Crippen LogP contribution in [0.2, 0.25) is 0 Å². The van der Waals surface area contributed by atoms with Crippen LogP contribution in [0.15, 0.2) is 24.7 Å². The van der Waals surface area contributed by atoms with Crippen LogP contribution in [-0.4, -0.2) is 57.0 Å². The van der Waals surface area contributed by atoms with E-state index in [9.17, 15) is 19.2 Å². The highest BCUT2D eigenvalue weighted by atomic mass is 19.1. The number of nitrogens with one attached hydrogen (secondary N) is 2. The number of carbonyl (C=O) groups excluding carboxylic acids is 2. The smallest absolute Gasteiger partial charge is 0.244 e. The van der Waals surface area contributed by atoms with Crippen molar-refractivity contribution in [3.05, 3.63) is 30.4 Å². The molecule has 2 atom stereocenters. The van der Waals surface area contributed by atoms with Crippen molar-refractivity contribution in [2.75, 3.05) is 23.7 Å². The van der Waals surface area contributed by atoms with E-state index in [0.29, 0.717) is 35.7 Å². The van der Waals surface area contributed by atoms with Gasteiger partial charge in [0.2, 0.25) is 11.8 Å². The van der Waals surface area contributed by atoms with E-state index < -0.39 is 12.2 Å². The minimum absolute atomic E-state index is 0.0516. The van der Waals surface area contributed by atoms with Gasteiger partial charge in [-0.1, -0.05) is 0 Å². The van der Waals surface area contributed by atoms with Crippen LogP contribution in [0, 0.1) is 17.2 Å². The van der Waals surface area contributed by atoms with Crippen LogP contribution < -0.4 is 10.6 Å². The summed E-state index contributed by atoms with van der Waals surface area (Å²) in [5, 5.41) is 15.1. The van der Waals surface area contributed by atoms with Gasteiger partial charge in [0.25, 0.3) is 0 Å². The second-order valence-electron chi connectivity index (χ2n) is 7.82. The lowest BCUT2D eigenvalue weighted by Gasteiger charge is -2.22. The van der Waals surface area contributed by atoms with Crippen LogP contribution in [0.5, 0.6) is 0 Å². The van der Waals surface area contributed by atoms with Crippen molar-refractivity contribution in [3.8, 4) is 17.3 Å². The lowest BCUT2D eigenvalue weighted by Crippen LogP contribution is -2.40. The van der Waals surface area contributed by atoms with Gasteiger partial charge in [-0.05, 0) is 32.3 Å². The molecular weight excluding hydrogens is 401 g/mol. The number of pyridine rings is 1. The van der Waals surface area contributed by atoms with Crippen molar-refractivity contribution in [3.63, 3.8) is 0 Å². The van der Waals surface area contributed by atoms with Gasteiger partial charge in [0.15, 0.2) is 11.5 Å². The molecule has 0 spiro atoms. The third-order valence-electron chi connectivity index (χ3n) is 5.33. The summed E-state index contributed by atoms with van der Waals surface area (Å²) in [4.78, 5) is 38.6. The number of rotatable bonds is 6. The lowest BCUT2D eigenvalue weighted by molar-refractivity contribution is -0.130. The highest BCUT2D eigenvalue weighted by Crippen LogP contribution is 2.30. The summed E-state index contributed by atoms with van der Waals surface area (Å²) < 4.78 is 13.4. The fourth-order valence-corrected chi connectivity index (χ4v) is 3.41. The van der Waals surface area contributed by atoms with Crippen LogP contribution in [-0.2, 0) is 9.59 Å². The van der Waals surface area contributed by atoms with Gasteiger partial charge in [0.05, 0.1) is 30.3 Å². The summed E-state index contributed by atoms with van der Waals surface area (Å²) in [6, 6.07) is 3.02. The second kappa shape index (κ2) is 8.63. The van der Waals surface area contributed by atoms with E-state index in [0.717, 1.165) is 12.8 Å². The average Bonchev–Trinajstić information content (AvgIpc) is 3.54. The minimum atomic E-state index is -0.994. The van der Waals surface area contributed by atoms with Crippen molar-refractivity contribution >= 4 is 23.3 Å². The Morgan fingerprint density at radius 2 is 2.03 bits per heavy atom. The minimum Gasteiger partial charge on any atom is -0.372 e. The SMILES string of the molecule is CC(Nc1cc(-c2cnc(NC(=O)C3CC3)cn2)cnc1C#N)C(=O)N1CCC(F)C1. The summed E-state index contributed by atoms with van der Waals surface area (Å²) in [6.07, 6.45) is 5.62. The van der Waals surface area contributed by atoms with Gasteiger partial charge < -0.3 is 15.5 Å². The van der Waals surface area contributed by atoms with E-state index in [2.05, 4.69) is 25.6 Å². The van der Waals surface area contributed by atoms with Crippen LogP contribution >= 0.6 is 0 Å². The Morgan fingerprint density at radius 1 is 1.23 bits per heavy atom. The van der Waals surface area contributed by atoms with E-state index in [1.807, 2.05) is 6.07 Å². The van der Waals surface area contributed by atoms with E-state index in [1.165, 1.54) is 23.5 Å². The molecular formula is C21H22FN7O2. The molecule has 2 aliphatic rings. The predicted octanol–water partition coefficient (Wildman–Crippen LogP) is 2.13. The number of aromatic nitrogens is 3. The molecule has 160 valence electrons. The Hall–Kier alpha value is -3.61. The quantitative estimate of drug-likeness (QED) is 0.729. The van der Waals surface area contributed by atoms with E-state index >= 15 is 0 Å². The Balaban J connectivity index is 1.48. The lowest BCUT2D eigenvalue weighted by atomic mass is 10.1. The summed E-state index contributed by atoms with van der Waals surface area (Å²) >= 11 is 0. The van der Waals surface area contributed by atoms with Crippen molar-refractivity contribution in [1.29, 1.82) is 5.26 Å². The molecule has 0 radical (unpaired) electrons. The largest absolute Gasteiger partial charge is 0.372 e. The van der Waals surface area contributed by atoms with Crippen LogP contribution in [0.1, 0.15) is 31.9 Å². The monoisotopic (exact) mass is 423 g/mol. The number of halogens is 1. The Bertz CT molecular complexity index is 1030. The fraction of sp³-hybridized carbons (Fsp3) is 0.429. The first kappa shape index (κ1) is 20.7. The molecule has 1 aliphatic heterocycles. The van der Waals surface area contributed by atoms with Crippen LogP contribution in [0.25, 0.3) is 11.3 Å². The van der Waals surface area contributed by atoms with Gasteiger partial charge in [-0.25, -0.2) is 14.4 Å². The van der Waals surface area contributed by atoms with Gasteiger partial charge in [-0.2, -0.15) is 5.26 Å². The third-order valence-corrected chi connectivity index (χ3v) is 5.33. The number of carbonyl (C=O) groups is 2. The fourth-order valence-electron chi connectivity index (χ4n) is 3.41. The standard InChI is InChI=1S/C21H22FN7O2/c1-12(21(31)29-5-4-15(22)11-29)27-16-6-14(8-24-17(16)7-23)18-9-26-19(10-25-18)28-20(30)13-2-3-13/h6,8-10,12-13,15,27H,2-5,11H2,1H3,(H,26,28,30). The maximum absolute atomic E-state index is 13.4. The van der Waals surface area contributed by atoms with E-state index in [1.54, 1.807) is 13.0 Å². The van der Waals surface area contributed by atoms with Crippen molar-refractivity contribution in [1.82, 2.24) is 19.9 Å². The highest BCUT2D eigenvalue weighted by Gasteiger charge is 2.30. The van der Waals surface area contributed by atoms with Crippen molar-refractivity contribution < 1.29 is 14.0 Å². The number of nitriles is 1. The molecule has 31 heavy (non-hydrogen) atoms. The predicted molar refractivity (Wildman–Crippen MR) is 111 cm³/mol. The number of amides is 2. The zero-order valence-electron chi connectivity index (χ0n) is 17.0. The molecule has 2 fully saturated rings. The molecule has 0 aromatic carbocycles. The molecule has 10 heteroatoms. The average molecular weight is 423 g/mol.